The molecule has 17 heavy (non-hydrogen) atoms. The minimum atomic E-state index is -0.777. The van der Waals surface area contributed by atoms with E-state index < -0.39 is 5.97 Å². The van der Waals surface area contributed by atoms with Crippen molar-refractivity contribution >= 4 is 23.2 Å². The molecule has 0 aliphatic carbocycles. The van der Waals surface area contributed by atoms with Crippen molar-refractivity contribution in [3.05, 3.63) is 22.4 Å². The Morgan fingerprint density at radius 3 is 3.00 bits per heavy atom. The Morgan fingerprint density at radius 1 is 1.53 bits per heavy atom. The summed E-state index contributed by atoms with van der Waals surface area (Å²) in [6.07, 6.45) is 1.96. The lowest BCUT2D eigenvalue weighted by Gasteiger charge is -2.31. The maximum atomic E-state index is 12.1. The number of piperidine rings is 1. The molecule has 0 saturated carbocycles. The number of nitrogens with zero attached hydrogens (tertiary/aromatic N) is 1. The molecule has 0 spiro atoms. The molecule has 4 nitrogen and oxygen atoms in total. The van der Waals surface area contributed by atoms with Gasteiger partial charge in [0.15, 0.2) is 0 Å². The van der Waals surface area contributed by atoms with Crippen molar-refractivity contribution in [1.82, 2.24) is 4.90 Å². The molecule has 5 heteroatoms. The van der Waals surface area contributed by atoms with Crippen LogP contribution in [-0.2, 0) is 4.79 Å². The van der Waals surface area contributed by atoms with Crippen LogP contribution in [-0.4, -0.2) is 35.0 Å². The van der Waals surface area contributed by atoms with E-state index in [1.807, 2.05) is 17.5 Å². The minimum absolute atomic E-state index is 0.0371. The summed E-state index contributed by atoms with van der Waals surface area (Å²) in [5.74, 6) is -0.638. The lowest BCUT2D eigenvalue weighted by molar-refractivity contribution is -0.138. The molecule has 1 fully saturated rings. The van der Waals surface area contributed by atoms with Crippen LogP contribution in [0.4, 0.5) is 0 Å². The summed E-state index contributed by atoms with van der Waals surface area (Å²) < 4.78 is 0. The fraction of sp³-hybridized carbons (Fsp3) is 0.500. The van der Waals surface area contributed by atoms with Crippen LogP contribution in [0.3, 0.4) is 0 Å². The average molecular weight is 253 g/mol. The Morgan fingerprint density at radius 2 is 2.35 bits per heavy atom. The molecule has 1 amide bonds. The molecule has 1 aliphatic rings. The molecule has 1 saturated heterocycles. The van der Waals surface area contributed by atoms with E-state index in [1.165, 1.54) is 11.3 Å². The number of carbonyl (C=O) groups excluding carboxylic acids is 1. The van der Waals surface area contributed by atoms with Crippen LogP contribution < -0.4 is 0 Å². The van der Waals surface area contributed by atoms with Crippen LogP contribution in [0, 0.1) is 5.92 Å². The number of thiophene rings is 1. The topological polar surface area (TPSA) is 57.6 Å². The summed E-state index contributed by atoms with van der Waals surface area (Å²) >= 11 is 1.43. The lowest BCUT2D eigenvalue weighted by atomic mass is 9.95. The molecule has 1 N–H and O–H groups in total. The molecule has 1 aromatic rings. The van der Waals surface area contributed by atoms with E-state index >= 15 is 0 Å². The monoisotopic (exact) mass is 253 g/mol. The van der Waals surface area contributed by atoms with Gasteiger partial charge in [-0.1, -0.05) is 6.07 Å². The van der Waals surface area contributed by atoms with Gasteiger partial charge in [-0.3, -0.25) is 9.59 Å². The second-order valence-corrected chi connectivity index (χ2v) is 5.28. The smallest absolute Gasteiger partial charge is 0.303 e. The van der Waals surface area contributed by atoms with Gasteiger partial charge in [-0.25, -0.2) is 0 Å². The Bertz CT molecular complexity index is 402. The highest BCUT2D eigenvalue weighted by molar-refractivity contribution is 7.12. The van der Waals surface area contributed by atoms with E-state index in [-0.39, 0.29) is 18.2 Å². The number of hydrogen-bond acceptors (Lipinski definition) is 3. The number of rotatable bonds is 3. The SMILES string of the molecule is O=C(O)CC1CCCN(C(=O)c2cccs2)C1. The van der Waals surface area contributed by atoms with E-state index in [0.29, 0.717) is 6.54 Å². The fourth-order valence-electron chi connectivity index (χ4n) is 2.22. The van der Waals surface area contributed by atoms with E-state index in [2.05, 4.69) is 0 Å². The highest BCUT2D eigenvalue weighted by Gasteiger charge is 2.26. The molecule has 0 aromatic carbocycles. The van der Waals surface area contributed by atoms with E-state index in [1.54, 1.807) is 4.90 Å². The zero-order chi connectivity index (χ0) is 12.3. The minimum Gasteiger partial charge on any atom is -0.481 e. The number of carbonyl (C=O) groups is 2. The van der Waals surface area contributed by atoms with Crippen LogP contribution >= 0.6 is 11.3 Å². The Labute approximate surface area is 104 Å². The summed E-state index contributed by atoms with van der Waals surface area (Å²) in [4.78, 5) is 25.3. The molecule has 92 valence electrons. The zero-order valence-corrected chi connectivity index (χ0v) is 10.3. The normalized spacial score (nSPS) is 20.2. The average Bonchev–Trinajstić information content (AvgIpc) is 2.81. The number of amides is 1. The first-order valence-electron chi connectivity index (χ1n) is 5.71. The van der Waals surface area contributed by atoms with Crippen molar-refractivity contribution in [2.24, 2.45) is 5.92 Å². The summed E-state index contributed by atoms with van der Waals surface area (Å²) in [5.41, 5.74) is 0. The van der Waals surface area contributed by atoms with Crippen molar-refractivity contribution in [3.63, 3.8) is 0 Å². The van der Waals surface area contributed by atoms with Gasteiger partial charge in [-0.15, -0.1) is 11.3 Å². The van der Waals surface area contributed by atoms with Gasteiger partial charge in [0.2, 0.25) is 0 Å². The van der Waals surface area contributed by atoms with Gasteiger partial charge in [-0.05, 0) is 30.2 Å². The third kappa shape index (κ3) is 3.06. The number of carboxylic acids is 1. The van der Waals surface area contributed by atoms with Gasteiger partial charge in [0.25, 0.3) is 5.91 Å². The molecule has 0 bridgehead atoms. The van der Waals surface area contributed by atoms with Crippen LogP contribution in [0.25, 0.3) is 0 Å². The third-order valence-electron chi connectivity index (χ3n) is 3.00. The van der Waals surface area contributed by atoms with Crippen molar-refractivity contribution in [2.45, 2.75) is 19.3 Å². The Hall–Kier alpha value is -1.36. The van der Waals surface area contributed by atoms with Crippen molar-refractivity contribution < 1.29 is 14.7 Å². The second kappa shape index (κ2) is 5.31. The molecule has 0 radical (unpaired) electrons. The molecule has 1 unspecified atom stereocenters. The number of likely N-dealkylation sites (tertiary alicyclic amines) is 1. The highest BCUT2D eigenvalue weighted by atomic mass is 32.1. The highest BCUT2D eigenvalue weighted by Crippen LogP contribution is 2.22. The van der Waals surface area contributed by atoms with E-state index in [0.717, 1.165) is 24.3 Å². The largest absolute Gasteiger partial charge is 0.481 e. The lowest BCUT2D eigenvalue weighted by Crippen LogP contribution is -2.40. The Kier molecular flexibility index (Phi) is 3.78. The van der Waals surface area contributed by atoms with Gasteiger partial charge in [0.1, 0.15) is 0 Å². The maximum absolute atomic E-state index is 12.1. The van der Waals surface area contributed by atoms with E-state index in [9.17, 15) is 9.59 Å². The summed E-state index contributed by atoms with van der Waals surface area (Å²) in [5, 5.41) is 10.7. The number of aliphatic carboxylic acids is 1. The molecular weight excluding hydrogens is 238 g/mol. The first-order valence-corrected chi connectivity index (χ1v) is 6.59. The quantitative estimate of drug-likeness (QED) is 0.897. The van der Waals surface area contributed by atoms with Crippen molar-refractivity contribution in [2.75, 3.05) is 13.1 Å². The number of hydrogen-bond donors (Lipinski definition) is 1. The van der Waals surface area contributed by atoms with E-state index in [4.69, 9.17) is 5.11 Å². The Balaban J connectivity index is 1.97. The first-order chi connectivity index (χ1) is 8.16. The standard InChI is InChI=1S/C12H15NO3S/c14-11(15)7-9-3-1-5-13(8-9)12(16)10-4-2-6-17-10/h2,4,6,9H,1,3,5,7-8H2,(H,14,15). The number of carboxylic acid groups (broad SMARTS) is 1. The zero-order valence-electron chi connectivity index (χ0n) is 9.46. The summed E-state index contributed by atoms with van der Waals surface area (Å²) in [6, 6.07) is 3.67. The third-order valence-corrected chi connectivity index (χ3v) is 3.86. The van der Waals surface area contributed by atoms with Crippen molar-refractivity contribution in [1.29, 1.82) is 0 Å². The van der Waals surface area contributed by atoms with Gasteiger partial charge in [-0.2, -0.15) is 0 Å². The van der Waals surface area contributed by atoms with Gasteiger partial charge in [0.05, 0.1) is 4.88 Å². The van der Waals surface area contributed by atoms with Crippen LogP contribution in [0.5, 0.6) is 0 Å². The first kappa shape index (κ1) is 12.1. The molecule has 1 aromatic heterocycles. The van der Waals surface area contributed by atoms with Crippen LogP contribution in [0.2, 0.25) is 0 Å². The van der Waals surface area contributed by atoms with Crippen molar-refractivity contribution in [3.8, 4) is 0 Å². The molecule has 1 atom stereocenters. The van der Waals surface area contributed by atoms with Gasteiger partial charge < -0.3 is 10.0 Å². The molecular formula is C12H15NO3S. The summed E-state index contributed by atoms with van der Waals surface area (Å²) in [6.45, 7) is 1.32. The predicted molar refractivity (Wildman–Crippen MR) is 65.2 cm³/mol. The second-order valence-electron chi connectivity index (χ2n) is 4.33. The molecule has 2 rings (SSSR count). The maximum Gasteiger partial charge on any atom is 0.303 e. The van der Waals surface area contributed by atoms with Crippen LogP contribution in [0.15, 0.2) is 17.5 Å². The summed E-state index contributed by atoms with van der Waals surface area (Å²) in [7, 11) is 0. The fourth-order valence-corrected chi connectivity index (χ4v) is 2.91. The molecule has 1 aliphatic heterocycles. The van der Waals surface area contributed by atoms with Crippen LogP contribution in [0.1, 0.15) is 28.9 Å². The molecule has 2 heterocycles. The predicted octanol–water partition coefficient (Wildman–Crippen LogP) is 2.08. The van der Waals surface area contributed by atoms with Gasteiger partial charge in [0, 0.05) is 19.5 Å². The van der Waals surface area contributed by atoms with Gasteiger partial charge >= 0.3 is 5.97 Å².